The van der Waals surface area contributed by atoms with E-state index in [4.69, 9.17) is 0 Å². The molecule has 1 amide bonds. The SMILES string of the molecule is CNc1ccc(-c2cccc(C(=O)N(C)[C@H](CN(C)C)c3ccccc3)c2)cn1. The van der Waals surface area contributed by atoms with E-state index in [2.05, 4.69) is 27.3 Å². The predicted octanol–water partition coefficient (Wildman–Crippen LogP) is 4.17. The molecular formula is C24H28N4O. The van der Waals surface area contributed by atoms with Crippen molar-refractivity contribution in [1.29, 1.82) is 0 Å². The zero-order chi connectivity index (χ0) is 20.8. The van der Waals surface area contributed by atoms with E-state index in [1.54, 1.807) is 0 Å². The minimum atomic E-state index is -0.0288. The first-order valence-electron chi connectivity index (χ1n) is 9.70. The van der Waals surface area contributed by atoms with Gasteiger partial charge in [-0.05, 0) is 49.5 Å². The third-order valence-electron chi connectivity index (χ3n) is 4.97. The largest absolute Gasteiger partial charge is 0.373 e. The molecule has 5 nitrogen and oxygen atoms in total. The van der Waals surface area contributed by atoms with Gasteiger partial charge >= 0.3 is 0 Å². The van der Waals surface area contributed by atoms with E-state index in [0.29, 0.717) is 5.56 Å². The number of rotatable bonds is 7. The molecule has 0 saturated carbocycles. The lowest BCUT2D eigenvalue weighted by Crippen LogP contribution is -2.37. The summed E-state index contributed by atoms with van der Waals surface area (Å²) in [6.07, 6.45) is 1.82. The number of nitrogens with zero attached hydrogens (tertiary/aromatic N) is 3. The van der Waals surface area contributed by atoms with Gasteiger partial charge in [0.1, 0.15) is 5.82 Å². The molecule has 1 N–H and O–H groups in total. The van der Waals surface area contributed by atoms with Crippen molar-refractivity contribution in [2.24, 2.45) is 0 Å². The zero-order valence-corrected chi connectivity index (χ0v) is 17.5. The monoisotopic (exact) mass is 388 g/mol. The van der Waals surface area contributed by atoms with Gasteiger partial charge in [-0.1, -0.05) is 42.5 Å². The van der Waals surface area contributed by atoms with Crippen LogP contribution >= 0.6 is 0 Å². The molecule has 1 aromatic heterocycles. The van der Waals surface area contributed by atoms with Gasteiger partial charge in [-0.3, -0.25) is 4.79 Å². The molecule has 3 rings (SSSR count). The van der Waals surface area contributed by atoms with Crippen LogP contribution in [0.2, 0.25) is 0 Å². The van der Waals surface area contributed by atoms with Gasteiger partial charge in [-0.15, -0.1) is 0 Å². The molecule has 0 bridgehead atoms. The molecular weight excluding hydrogens is 360 g/mol. The van der Waals surface area contributed by atoms with E-state index in [1.807, 2.05) is 93.9 Å². The van der Waals surface area contributed by atoms with Gasteiger partial charge in [0.2, 0.25) is 0 Å². The molecule has 0 aliphatic carbocycles. The molecule has 150 valence electrons. The van der Waals surface area contributed by atoms with Crippen LogP contribution in [0.3, 0.4) is 0 Å². The highest BCUT2D eigenvalue weighted by atomic mass is 16.2. The van der Waals surface area contributed by atoms with E-state index >= 15 is 0 Å². The summed E-state index contributed by atoms with van der Waals surface area (Å²) in [5.74, 6) is 0.817. The topological polar surface area (TPSA) is 48.5 Å². The second-order valence-electron chi connectivity index (χ2n) is 7.37. The lowest BCUT2D eigenvalue weighted by molar-refractivity contribution is 0.0705. The molecule has 0 radical (unpaired) electrons. The molecule has 0 fully saturated rings. The fraction of sp³-hybridized carbons (Fsp3) is 0.250. The summed E-state index contributed by atoms with van der Waals surface area (Å²) in [6, 6.07) is 21.8. The molecule has 3 aromatic rings. The van der Waals surface area contributed by atoms with Crippen LogP contribution in [0.25, 0.3) is 11.1 Å². The maximum absolute atomic E-state index is 13.3. The van der Waals surface area contributed by atoms with E-state index in [1.165, 1.54) is 0 Å². The third-order valence-corrected chi connectivity index (χ3v) is 4.97. The van der Waals surface area contributed by atoms with E-state index in [-0.39, 0.29) is 11.9 Å². The highest BCUT2D eigenvalue weighted by Gasteiger charge is 2.23. The molecule has 1 atom stereocenters. The van der Waals surface area contributed by atoms with Crippen molar-refractivity contribution in [3.05, 3.63) is 84.1 Å². The van der Waals surface area contributed by atoms with Gasteiger partial charge in [0.15, 0.2) is 0 Å². The van der Waals surface area contributed by atoms with Crippen LogP contribution in [-0.4, -0.2) is 55.4 Å². The lowest BCUT2D eigenvalue weighted by Gasteiger charge is -2.31. The van der Waals surface area contributed by atoms with Gasteiger partial charge in [0, 0.05) is 38.0 Å². The van der Waals surface area contributed by atoms with Gasteiger partial charge in [-0.2, -0.15) is 0 Å². The summed E-state index contributed by atoms with van der Waals surface area (Å²) in [5, 5.41) is 3.02. The summed E-state index contributed by atoms with van der Waals surface area (Å²) in [4.78, 5) is 21.6. The van der Waals surface area contributed by atoms with Gasteiger partial charge < -0.3 is 15.1 Å². The molecule has 0 saturated heterocycles. The van der Waals surface area contributed by atoms with Gasteiger partial charge in [-0.25, -0.2) is 4.98 Å². The van der Waals surface area contributed by atoms with Crippen LogP contribution in [0.4, 0.5) is 5.82 Å². The van der Waals surface area contributed by atoms with Crippen molar-refractivity contribution in [3.63, 3.8) is 0 Å². The Morgan fingerprint density at radius 1 is 0.966 bits per heavy atom. The molecule has 0 aliphatic heterocycles. The molecule has 0 spiro atoms. The number of benzene rings is 2. The van der Waals surface area contributed by atoms with Crippen molar-refractivity contribution < 1.29 is 4.79 Å². The maximum atomic E-state index is 13.3. The number of aromatic nitrogens is 1. The number of pyridine rings is 1. The van der Waals surface area contributed by atoms with Crippen molar-refractivity contribution in [1.82, 2.24) is 14.8 Å². The molecule has 0 aliphatic rings. The molecule has 29 heavy (non-hydrogen) atoms. The number of anilines is 1. The Morgan fingerprint density at radius 2 is 1.72 bits per heavy atom. The average molecular weight is 389 g/mol. The number of nitrogens with one attached hydrogen (secondary N) is 1. The summed E-state index contributed by atoms with van der Waals surface area (Å²) in [7, 11) is 7.76. The number of carbonyl (C=O) groups excluding carboxylic acids is 1. The first kappa shape index (κ1) is 20.6. The Labute approximate surface area is 173 Å². The van der Waals surface area contributed by atoms with Crippen LogP contribution in [0, 0.1) is 0 Å². The van der Waals surface area contributed by atoms with E-state index < -0.39 is 0 Å². The number of amides is 1. The average Bonchev–Trinajstić information content (AvgIpc) is 2.77. The normalized spacial score (nSPS) is 11.9. The summed E-state index contributed by atoms with van der Waals surface area (Å²) >= 11 is 0. The van der Waals surface area contributed by atoms with Crippen LogP contribution in [-0.2, 0) is 0 Å². The third kappa shape index (κ3) is 5.00. The lowest BCUT2D eigenvalue weighted by atomic mass is 10.0. The highest BCUT2D eigenvalue weighted by Crippen LogP contribution is 2.25. The number of hydrogen-bond donors (Lipinski definition) is 1. The number of likely N-dealkylation sites (N-methyl/N-ethyl adjacent to an activating group) is 2. The fourth-order valence-electron chi connectivity index (χ4n) is 3.36. The van der Waals surface area contributed by atoms with Crippen molar-refractivity contribution in [3.8, 4) is 11.1 Å². The van der Waals surface area contributed by atoms with Crippen LogP contribution in [0.5, 0.6) is 0 Å². The Hall–Kier alpha value is -3.18. The van der Waals surface area contributed by atoms with Crippen LogP contribution in [0.15, 0.2) is 72.9 Å². The van der Waals surface area contributed by atoms with Crippen molar-refractivity contribution in [2.75, 3.05) is 40.1 Å². The van der Waals surface area contributed by atoms with Crippen molar-refractivity contribution >= 4 is 11.7 Å². The summed E-state index contributed by atoms with van der Waals surface area (Å²) in [5.41, 5.74) is 3.75. The van der Waals surface area contributed by atoms with Crippen LogP contribution < -0.4 is 5.32 Å². The maximum Gasteiger partial charge on any atom is 0.254 e. The quantitative estimate of drug-likeness (QED) is 0.660. The van der Waals surface area contributed by atoms with Gasteiger partial charge in [0.05, 0.1) is 6.04 Å². The molecule has 1 heterocycles. The molecule has 5 heteroatoms. The number of hydrogen-bond acceptors (Lipinski definition) is 4. The van der Waals surface area contributed by atoms with Gasteiger partial charge in [0.25, 0.3) is 5.91 Å². The second kappa shape index (κ2) is 9.34. The van der Waals surface area contributed by atoms with E-state index in [9.17, 15) is 4.79 Å². The number of carbonyl (C=O) groups is 1. The predicted molar refractivity (Wildman–Crippen MR) is 119 cm³/mol. The molecule has 0 unspecified atom stereocenters. The first-order chi connectivity index (χ1) is 14.0. The fourth-order valence-corrected chi connectivity index (χ4v) is 3.36. The Morgan fingerprint density at radius 3 is 2.34 bits per heavy atom. The van der Waals surface area contributed by atoms with Crippen LogP contribution in [0.1, 0.15) is 22.0 Å². The van der Waals surface area contributed by atoms with Crippen molar-refractivity contribution in [2.45, 2.75) is 6.04 Å². The minimum Gasteiger partial charge on any atom is -0.373 e. The van der Waals surface area contributed by atoms with E-state index in [0.717, 1.165) is 29.1 Å². The first-order valence-corrected chi connectivity index (χ1v) is 9.70. The standard InChI is InChI=1S/C24H28N4O/c1-25-23-14-13-21(16-26-23)19-11-8-12-20(15-19)24(29)28(4)22(17-27(2)3)18-9-6-5-7-10-18/h5-16,22H,17H2,1-4H3,(H,25,26)/t22-/m1/s1. The second-order valence-corrected chi connectivity index (χ2v) is 7.37. The Bertz CT molecular complexity index is 939. The summed E-state index contributed by atoms with van der Waals surface area (Å²) in [6.45, 7) is 0.751. The molecule has 2 aromatic carbocycles. The smallest absolute Gasteiger partial charge is 0.254 e. The summed E-state index contributed by atoms with van der Waals surface area (Å²) < 4.78 is 0. The Kier molecular flexibility index (Phi) is 6.62. The highest BCUT2D eigenvalue weighted by molar-refractivity contribution is 5.95. The zero-order valence-electron chi connectivity index (χ0n) is 17.5. The Balaban J connectivity index is 1.87. The minimum absolute atomic E-state index is 0.00218.